The van der Waals surface area contributed by atoms with Crippen LogP contribution in [-0.4, -0.2) is 85.4 Å². The zero-order valence-electron chi connectivity index (χ0n) is 28.4. The van der Waals surface area contributed by atoms with Crippen LogP contribution in [0.15, 0.2) is 18.2 Å². The number of H-pyrrole nitrogens is 1. The topological polar surface area (TPSA) is 109 Å². The van der Waals surface area contributed by atoms with E-state index in [2.05, 4.69) is 64.7 Å². The molecule has 9 rings (SSSR count). The van der Waals surface area contributed by atoms with Gasteiger partial charge in [0.15, 0.2) is 11.9 Å². The molecule has 1 aromatic carbocycles. The van der Waals surface area contributed by atoms with Gasteiger partial charge in [-0.05, 0) is 96.8 Å². The molecular weight excluding hydrogens is 606 g/mol. The van der Waals surface area contributed by atoms with Crippen LogP contribution in [0.2, 0.25) is 0 Å². The Labute approximate surface area is 276 Å². The Balaban J connectivity index is 1.07. The van der Waals surface area contributed by atoms with Crippen LogP contribution in [-0.2, 0) is 41.9 Å². The van der Waals surface area contributed by atoms with E-state index >= 15 is 0 Å². The summed E-state index contributed by atoms with van der Waals surface area (Å²) in [4.78, 5) is 3.18. The summed E-state index contributed by atoms with van der Waals surface area (Å²) < 4.78 is 32.9. The first-order valence-electron chi connectivity index (χ1n) is 17.5. The highest BCUT2D eigenvalue weighted by molar-refractivity contribution is 6.23. The number of nitrogens with one attached hydrogen (secondary N) is 1. The van der Waals surface area contributed by atoms with Crippen molar-refractivity contribution < 1.29 is 33.9 Å². The van der Waals surface area contributed by atoms with Gasteiger partial charge in [-0.25, -0.2) is 0 Å². The molecule has 0 bridgehead atoms. The molecule has 4 aliphatic heterocycles. The van der Waals surface area contributed by atoms with Crippen LogP contribution in [0.1, 0.15) is 97.9 Å². The summed E-state index contributed by atoms with van der Waals surface area (Å²) in [6, 6.07) is 6.51. The van der Waals surface area contributed by atoms with E-state index in [4.69, 9.17) is 35.3 Å². The maximum Gasteiger partial charge on any atom is 0.187 e. The average molecular weight is 656 g/mol. The minimum atomic E-state index is -1.10. The summed E-state index contributed by atoms with van der Waals surface area (Å²) in [5.41, 5.74) is 1.23. The van der Waals surface area contributed by atoms with Crippen molar-refractivity contribution in [2.45, 2.75) is 170 Å². The number of ether oxygens (including phenoxy) is 5. The number of aromatic nitrogens is 1. The maximum atomic E-state index is 13.3. The average Bonchev–Trinajstić information content (AvgIpc) is 3.80. The third kappa shape index (κ3) is 3.61. The van der Waals surface area contributed by atoms with E-state index in [1.807, 2.05) is 13.8 Å². The van der Waals surface area contributed by atoms with Crippen molar-refractivity contribution in [2.75, 3.05) is 0 Å². The summed E-state index contributed by atoms with van der Waals surface area (Å²) in [6.45, 7) is 16.7. The van der Waals surface area contributed by atoms with E-state index in [1.165, 1.54) is 16.6 Å². The molecule has 5 heterocycles. The van der Waals surface area contributed by atoms with Gasteiger partial charge >= 0.3 is 0 Å². The largest absolute Gasteiger partial charge is 0.391 e. The van der Waals surface area contributed by atoms with Gasteiger partial charge in [-0.3, -0.25) is 0 Å². The van der Waals surface area contributed by atoms with Gasteiger partial charge in [-0.15, -0.1) is 11.6 Å². The quantitative estimate of drug-likeness (QED) is 0.297. The normalized spacial score (nSPS) is 48.4. The number of benzene rings is 1. The first-order valence-corrected chi connectivity index (χ1v) is 17.8. The third-order valence-corrected chi connectivity index (χ3v) is 14.5. The van der Waals surface area contributed by atoms with Gasteiger partial charge in [0.1, 0.15) is 30.0 Å². The second kappa shape index (κ2) is 8.91. The van der Waals surface area contributed by atoms with Gasteiger partial charge in [-0.2, -0.15) is 0 Å². The van der Waals surface area contributed by atoms with Crippen molar-refractivity contribution in [1.29, 1.82) is 0 Å². The van der Waals surface area contributed by atoms with Crippen LogP contribution < -0.4 is 0 Å². The van der Waals surface area contributed by atoms with Crippen molar-refractivity contribution in [3.8, 4) is 0 Å². The molecule has 46 heavy (non-hydrogen) atoms. The lowest BCUT2D eigenvalue weighted by atomic mass is 9.40. The van der Waals surface area contributed by atoms with Gasteiger partial charge in [0.25, 0.3) is 0 Å². The Kier molecular flexibility index (Phi) is 5.97. The predicted octanol–water partition coefficient (Wildman–Crippen LogP) is 5.45. The Bertz CT molecular complexity index is 1630. The van der Waals surface area contributed by atoms with E-state index in [-0.39, 0.29) is 41.5 Å². The van der Waals surface area contributed by atoms with E-state index in [0.29, 0.717) is 18.8 Å². The van der Waals surface area contributed by atoms with Gasteiger partial charge in [0, 0.05) is 33.8 Å². The number of epoxide rings is 2. The highest BCUT2D eigenvalue weighted by atomic mass is 35.5. The number of fused-ring (bicyclic) bond motifs is 9. The monoisotopic (exact) mass is 655 g/mol. The van der Waals surface area contributed by atoms with Crippen LogP contribution in [0.5, 0.6) is 0 Å². The standard InChI is InChI=1S/C37H50ClNO7/c1-31(2,38)23(40)16-18-9-10-20-21-17-19-11-14-36(41)34(7,35(19,8)26(21)39-22(20)15-18)13-12-24-37(36)28(45-37)25-27(42-24)32(3,4)46-30(43-25)29-33(5,6)44-29/h9-10,15,19,23-25,27-30,39-41H,11-14,16-17H2,1-8H3. The first kappa shape index (κ1) is 30.8. The van der Waals surface area contributed by atoms with Crippen LogP contribution in [0.25, 0.3) is 10.9 Å². The maximum absolute atomic E-state index is 13.3. The van der Waals surface area contributed by atoms with Gasteiger partial charge in [0.05, 0.1) is 28.3 Å². The number of hydrogen-bond donors (Lipinski definition) is 3. The molecular formula is C37H50ClNO7. The number of rotatable bonds is 4. The molecule has 3 aliphatic carbocycles. The minimum absolute atomic E-state index is 0.140. The molecule has 2 aromatic rings. The predicted molar refractivity (Wildman–Crippen MR) is 173 cm³/mol. The SMILES string of the molecule is CC(C)(Cl)C(O)Cc1ccc2c3c([nH]c2c1)C1(C)C(CCC2(O)C45OC4C4OC(C6OC6(C)C)OC(C)(C)C4OC5CCC12C)C3. The van der Waals surface area contributed by atoms with E-state index < -0.39 is 39.5 Å². The molecule has 9 heteroatoms. The number of alkyl halides is 1. The number of halogens is 1. The highest BCUT2D eigenvalue weighted by Crippen LogP contribution is 2.75. The summed E-state index contributed by atoms with van der Waals surface area (Å²) in [6.07, 6.45) is 2.31. The molecule has 252 valence electrons. The number of aromatic amines is 1. The fourth-order valence-electron chi connectivity index (χ4n) is 11.1. The summed E-state index contributed by atoms with van der Waals surface area (Å²) in [5, 5.41) is 25.2. The van der Waals surface area contributed by atoms with Crippen LogP contribution in [0, 0.1) is 11.3 Å². The number of aliphatic hydroxyl groups is 2. The summed E-state index contributed by atoms with van der Waals surface area (Å²) in [5.74, 6) is 0.418. The smallest absolute Gasteiger partial charge is 0.187 e. The molecule has 12 atom stereocenters. The Morgan fingerprint density at radius 2 is 1.67 bits per heavy atom. The molecule has 2 saturated carbocycles. The molecule has 1 aromatic heterocycles. The lowest BCUT2D eigenvalue weighted by Crippen LogP contribution is -2.77. The van der Waals surface area contributed by atoms with Crippen molar-refractivity contribution in [3.05, 3.63) is 35.0 Å². The first-order chi connectivity index (χ1) is 21.4. The second-order valence-electron chi connectivity index (χ2n) is 17.7. The Hall–Kier alpha value is -1.23. The van der Waals surface area contributed by atoms with E-state index in [1.54, 1.807) is 0 Å². The number of hydrogen-bond acceptors (Lipinski definition) is 7. The Morgan fingerprint density at radius 1 is 0.957 bits per heavy atom. The van der Waals surface area contributed by atoms with E-state index in [9.17, 15) is 10.2 Å². The molecule has 1 spiro atoms. The van der Waals surface area contributed by atoms with Crippen LogP contribution in [0.4, 0.5) is 0 Å². The highest BCUT2D eigenvalue weighted by Gasteiger charge is 2.87. The molecule has 0 radical (unpaired) electrons. The van der Waals surface area contributed by atoms with Gasteiger partial charge < -0.3 is 38.9 Å². The van der Waals surface area contributed by atoms with Crippen LogP contribution in [0.3, 0.4) is 0 Å². The van der Waals surface area contributed by atoms with Crippen molar-refractivity contribution in [3.63, 3.8) is 0 Å². The fourth-order valence-corrected chi connectivity index (χ4v) is 11.2. The van der Waals surface area contributed by atoms with Gasteiger partial charge in [-0.1, -0.05) is 26.0 Å². The molecule has 6 fully saturated rings. The molecule has 4 saturated heterocycles. The minimum Gasteiger partial charge on any atom is -0.391 e. The lowest BCUT2D eigenvalue weighted by molar-refractivity contribution is -0.356. The van der Waals surface area contributed by atoms with Crippen molar-refractivity contribution >= 4 is 22.5 Å². The zero-order valence-corrected chi connectivity index (χ0v) is 29.2. The van der Waals surface area contributed by atoms with Gasteiger partial charge in [0.2, 0.25) is 0 Å². The Morgan fingerprint density at radius 3 is 2.37 bits per heavy atom. The molecule has 12 unspecified atom stereocenters. The second-order valence-corrected chi connectivity index (χ2v) is 18.7. The van der Waals surface area contributed by atoms with Crippen molar-refractivity contribution in [1.82, 2.24) is 4.98 Å². The molecule has 0 amide bonds. The fraction of sp³-hybridized carbons (Fsp3) is 0.784. The molecule has 8 nitrogen and oxygen atoms in total. The lowest BCUT2D eigenvalue weighted by Gasteiger charge is -2.66. The van der Waals surface area contributed by atoms with Crippen molar-refractivity contribution in [2.24, 2.45) is 11.3 Å². The summed E-state index contributed by atoms with van der Waals surface area (Å²) >= 11 is 6.43. The summed E-state index contributed by atoms with van der Waals surface area (Å²) in [7, 11) is 0. The van der Waals surface area contributed by atoms with Crippen LogP contribution >= 0.6 is 11.6 Å². The zero-order chi connectivity index (χ0) is 32.6. The molecule has 7 aliphatic rings. The molecule has 3 N–H and O–H groups in total. The third-order valence-electron chi connectivity index (χ3n) is 14.2. The van der Waals surface area contributed by atoms with E-state index in [0.717, 1.165) is 36.8 Å². The number of aliphatic hydroxyl groups excluding tert-OH is 1.